The van der Waals surface area contributed by atoms with Gasteiger partial charge in [0.1, 0.15) is 5.82 Å². The molecule has 0 fully saturated rings. The SMILES string of the molecule is Cc1ccc(C(=O)CCCCN(C)C)c(F)c1. The second-order valence-electron chi connectivity index (χ2n) is 4.67. The number of aryl methyl sites for hydroxylation is 1. The number of rotatable bonds is 6. The minimum Gasteiger partial charge on any atom is -0.309 e. The summed E-state index contributed by atoms with van der Waals surface area (Å²) in [5.74, 6) is -0.496. The van der Waals surface area contributed by atoms with E-state index in [1.165, 1.54) is 6.07 Å². The van der Waals surface area contributed by atoms with Crippen molar-refractivity contribution in [1.82, 2.24) is 4.90 Å². The summed E-state index contributed by atoms with van der Waals surface area (Å²) in [7, 11) is 4.00. The molecule has 17 heavy (non-hydrogen) atoms. The van der Waals surface area contributed by atoms with Gasteiger partial charge in [-0.3, -0.25) is 4.79 Å². The van der Waals surface area contributed by atoms with Crippen LogP contribution in [0.1, 0.15) is 35.2 Å². The van der Waals surface area contributed by atoms with Gasteiger partial charge in [0, 0.05) is 6.42 Å². The van der Waals surface area contributed by atoms with Gasteiger partial charge in [-0.15, -0.1) is 0 Å². The second-order valence-corrected chi connectivity index (χ2v) is 4.67. The van der Waals surface area contributed by atoms with Gasteiger partial charge in [0.05, 0.1) is 5.56 Å². The highest BCUT2D eigenvalue weighted by atomic mass is 19.1. The summed E-state index contributed by atoms with van der Waals surface area (Å²) < 4.78 is 13.5. The number of carbonyl (C=O) groups is 1. The van der Waals surface area contributed by atoms with Crippen molar-refractivity contribution in [1.29, 1.82) is 0 Å². The number of hydrogen-bond donors (Lipinski definition) is 0. The Kier molecular flexibility index (Phi) is 5.29. The summed E-state index contributed by atoms with van der Waals surface area (Å²) in [5, 5.41) is 0. The zero-order valence-corrected chi connectivity index (χ0v) is 10.8. The van der Waals surface area contributed by atoms with Crippen LogP contribution in [0.5, 0.6) is 0 Å². The molecular weight excluding hydrogens is 217 g/mol. The Morgan fingerprint density at radius 3 is 2.59 bits per heavy atom. The van der Waals surface area contributed by atoms with Crippen molar-refractivity contribution in [3.63, 3.8) is 0 Å². The van der Waals surface area contributed by atoms with Crippen LogP contribution in [0.25, 0.3) is 0 Å². The molecule has 0 heterocycles. The van der Waals surface area contributed by atoms with E-state index in [9.17, 15) is 9.18 Å². The minimum absolute atomic E-state index is 0.0961. The lowest BCUT2D eigenvalue weighted by Crippen LogP contribution is -2.13. The average Bonchev–Trinajstić information content (AvgIpc) is 2.23. The maximum atomic E-state index is 13.5. The predicted octanol–water partition coefficient (Wildman–Crippen LogP) is 3.05. The lowest BCUT2D eigenvalue weighted by Gasteiger charge is -2.08. The van der Waals surface area contributed by atoms with Gasteiger partial charge in [-0.25, -0.2) is 4.39 Å². The normalized spacial score (nSPS) is 10.9. The highest BCUT2D eigenvalue weighted by molar-refractivity contribution is 5.96. The largest absolute Gasteiger partial charge is 0.309 e. The molecule has 2 nitrogen and oxygen atoms in total. The van der Waals surface area contributed by atoms with Gasteiger partial charge in [0.15, 0.2) is 5.78 Å². The van der Waals surface area contributed by atoms with Gasteiger partial charge in [-0.05, 0) is 58.1 Å². The molecule has 0 bridgehead atoms. The van der Waals surface area contributed by atoms with Crippen LogP contribution in [0.2, 0.25) is 0 Å². The topological polar surface area (TPSA) is 20.3 Å². The van der Waals surface area contributed by atoms with Crippen LogP contribution in [0.4, 0.5) is 4.39 Å². The van der Waals surface area contributed by atoms with E-state index < -0.39 is 5.82 Å². The van der Waals surface area contributed by atoms with Crippen molar-refractivity contribution >= 4 is 5.78 Å². The number of nitrogens with zero attached hydrogens (tertiary/aromatic N) is 1. The van der Waals surface area contributed by atoms with E-state index in [2.05, 4.69) is 4.90 Å². The molecular formula is C14H20FNO. The highest BCUT2D eigenvalue weighted by Crippen LogP contribution is 2.13. The van der Waals surface area contributed by atoms with E-state index >= 15 is 0 Å². The molecule has 0 aliphatic rings. The van der Waals surface area contributed by atoms with Crippen molar-refractivity contribution in [2.45, 2.75) is 26.2 Å². The molecule has 0 spiro atoms. The predicted molar refractivity (Wildman–Crippen MR) is 67.9 cm³/mol. The number of carbonyl (C=O) groups excluding carboxylic acids is 1. The molecule has 1 rings (SSSR count). The first-order chi connectivity index (χ1) is 8.00. The zero-order chi connectivity index (χ0) is 12.8. The fourth-order valence-corrected chi connectivity index (χ4v) is 1.69. The molecule has 1 aromatic carbocycles. The van der Waals surface area contributed by atoms with E-state index in [0.717, 1.165) is 24.9 Å². The Balaban J connectivity index is 2.47. The molecule has 0 unspecified atom stereocenters. The molecule has 0 aliphatic carbocycles. The van der Waals surface area contributed by atoms with Crippen LogP contribution < -0.4 is 0 Å². The molecule has 0 radical (unpaired) electrons. The lowest BCUT2D eigenvalue weighted by molar-refractivity contribution is 0.0974. The number of halogens is 1. The summed E-state index contributed by atoms with van der Waals surface area (Å²) in [4.78, 5) is 13.8. The first-order valence-corrected chi connectivity index (χ1v) is 5.95. The van der Waals surface area contributed by atoms with Crippen LogP contribution in [0.3, 0.4) is 0 Å². The Hall–Kier alpha value is -1.22. The molecule has 94 valence electrons. The van der Waals surface area contributed by atoms with Gasteiger partial charge in [0.25, 0.3) is 0 Å². The number of ketones is 1. The Labute approximate surface area is 102 Å². The van der Waals surface area contributed by atoms with Gasteiger partial charge in [-0.2, -0.15) is 0 Å². The van der Waals surface area contributed by atoms with Crippen molar-refractivity contribution < 1.29 is 9.18 Å². The molecule has 0 amide bonds. The third-order valence-corrected chi connectivity index (χ3v) is 2.68. The van der Waals surface area contributed by atoms with Crippen LogP contribution in [0, 0.1) is 12.7 Å². The molecule has 1 aromatic rings. The molecule has 0 N–H and O–H groups in total. The van der Waals surface area contributed by atoms with Crippen LogP contribution >= 0.6 is 0 Å². The Morgan fingerprint density at radius 2 is 2.00 bits per heavy atom. The zero-order valence-electron chi connectivity index (χ0n) is 10.8. The third-order valence-electron chi connectivity index (χ3n) is 2.68. The number of benzene rings is 1. The number of unbranched alkanes of at least 4 members (excludes halogenated alkanes) is 1. The average molecular weight is 237 g/mol. The van der Waals surface area contributed by atoms with Crippen LogP contribution in [0.15, 0.2) is 18.2 Å². The Morgan fingerprint density at radius 1 is 1.29 bits per heavy atom. The fourth-order valence-electron chi connectivity index (χ4n) is 1.69. The van der Waals surface area contributed by atoms with Crippen molar-refractivity contribution in [2.24, 2.45) is 0 Å². The monoisotopic (exact) mass is 237 g/mol. The van der Waals surface area contributed by atoms with Crippen molar-refractivity contribution in [2.75, 3.05) is 20.6 Å². The maximum absolute atomic E-state index is 13.5. The molecule has 0 atom stereocenters. The van der Waals surface area contributed by atoms with Gasteiger partial charge >= 0.3 is 0 Å². The van der Waals surface area contributed by atoms with Crippen LogP contribution in [-0.4, -0.2) is 31.3 Å². The summed E-state index contributed by atoms with van der Waals surface area (Å²) >= 11 is 0. The standard InChI is InChI=1S/C14H20FNO/c1-11-7-8-12(13(15)10-11)14(17)6-4-5-9-16(2)3/h7-8,10H,4-6,9H2,1-3H3. The van der Waals surface area contributed by atoms with Gasteiger partial charge in [-0.1, -0.05) is 6.07 Å². The quantitative estimate of drug-likeness (QED) is 0.560. The van der Waals surface area contributed by atoms with Crippen molar-refractivity contribution in [3.8, 4) is 0 Å². The molecule has 0 saturated carbocycles. The molecule has 0 aromatic heterocycles. The summed E-state index contributed by atoms with van der Waals surface area (Å²) in [6, 6.07) is 4.77. The third kappa shape index (κ3) is 4.65. The number of hydrogen-bond acceptors (Lipinski definition) is 2. The molecule has 0 aliphatic heterocycles. The summed E-state index contributed by atoms with van der Waals surface area (Å²) in [6.07, 6.45) is 2.20. The van der Waals surface area contributed by atoms with Crippen LogP contribution in [-0.2, 0) is 0 Å². The van der Waals surface area contributed by atoms with Gasteiger partial charge in [0.2, 0.25) is 0 Å². The first-order valence-electron chi connectivity index (χ1n) is 5.95. The summed E-state index contributed by atoms with van der Waals surface area (Å²) in [6.45, 7) is 2.78. The van der Waals surface area contributed by atoms with E-state index in [4.69, 9.17) is 0 Å². The Bertz CT molecular complexity index is 388. The first kappa shape index (κ1) is 13.8. The lowest BCUT2D eigenvalue weighted by atomic mass is 10.0. The molecule has 3 heteroatoms. The maximum Gasteiger partial charge on any atom is 0.165 e. The smallest absolute Gasteiger partial charge is 0.165 e. The van der Waals surface area contributed by atoms with Crippen molar-refractivity contribution in [3.05, 3.63) is 35.1 Å². The van der Waals surface area contributed by atoms with E-state index in [1.807, 2.05) is 21.0 Å². The van der Waals surface area contributed by atoms with E-state index in [1.54, 1.807) is 12.1 Å². The fraction of sp³-hybridized carbons (Fsp3) is 0.500. The minimum atomic E-state index is -0.400. The highest BCUT2D eigenvalue weighted by Gasteiger charge is 2.11. The second kappa shape index (κ2) is 6.50. The summed E-state index contributed by atoms with van der Waals surface area (Å²) in [5.41, 5.74) is 1.06. The molecule has 0 saturated heterocycles. The van der Waals surface area contributed by atoms with Gasteiger partial charge < -0.3 is 4.90 Å². The number of Topliss-reactive ketones (excluding diaryl/α,β-unsaturated/α-hetero) is 1. The van der Waals surface area contributed by atoms with E-state index in [0.29, 0.717) is 6.42 Å². The van der Waals surface area contributed by atoms with E-state index in [-0.39, 0.29) is 11.3 Å².